The minimum atomic E-state index is -4.65. The van der Waals surface area contributed by atoms with Gasteiger partial charge in [0.2, 0.25) is 0 Å². The molecule has 0 fully saturated rings. The van der Waals surface area contributed by atoms with Crippen LogP contribution in [-0.4, -0.2) is 27.3 Å². The number of hydrogen-bond donors (Lipinski definition) is 2. The number of fused-ring (bicyclic) bond motifs is 2. The minimum absolute atomic E-state index is 0.0985. The van der Waals surface area contributed by atoms with Gasteiger partial charge in [-0.15, -0.1) is 0 Å². The fourth-order valence-corrected chi connectivity index (χ4v) is 6.28. The fraction of sp³-hybridized carbons (Fsp3) is 0.176. The monoisotopic (exact) mass is 618 g/mol. The number of anilines is 1. The largest absolute Gasteiger partial charge is 0.480 e. The van der Waals surface area contributed by atoms with E-state index in [4.69, 9.17) is 11.6 Å². The second kappa shape index (κ2) is 11.5. The molecule has 0 saturated heterocycles. The predicted octanol–water partition coefficient (Wildman–Crippen LogP) is 7.07. The number of aliphatic hydroxyl groups is 1. The molecule has 0 aliphatic carbocycles. The van der Waals surface area contributed by atoms with Gasteiger partial charge < -0.3 is 15.1 Å². The first kappa shape index (κ1) is 29.5. The van der Waals surface area contributed by atoms with Gasteiger partial charge in [-0.1, -0.05) is 90.5 Å². The second-order valence-electron chi connectivity index (χ2n) is 10.7. The van der Waals surface area contributed by atoms with E-state index < -0.39 is 29.3 Å². The lowest BCUT2D eigenvalue weighted by molar-refractivity contribution is -0.140. The van der Waals surface area contributed by atoms with Crippen molar-refractivity contribution in [1.29, 1.82) is 0 Å². The Kier molecular flexibility index (Phi) is 7.69. The van der Waals surface area contributed by atoms with E-state index in [1.807, 2.05) is 42.5 Å². The zero-order chi connectivity index (χ0) is 31.2. The van der Waals surface area contributed by atoms with Gasteiger partial charge in [0.1, 0.15) is 10.8 Å². The zero-order valence-electron chi connectivity index (χ0n) is 23.2. The highest BCUT2D eigenvalue weighted by Gasteiger charge is 2.40. The summed E-state index contributed by atoms with van der Waals surface area (Å²) in [4.78, 5) is 28.1. The van der Waals surface area contributed by atoms with E-state index >= 15 is 0 Å². The van der Waals surface area contributed by atoms with E-state index in [-0.39, 0.29) is 48.1 Å². The van der Waals surface area contributed by atoms with Crippen LogP contribution < -0.4 is 10.5 Å². The Bertz CT molecular complexity index is 1970. The Morgan fingerprint density at radius 2 is 1.57 bits per heavy atom. The standard InChI is InChI=1S/C34H26ClF3N2O4/c35-30-27(16-21-11-5-10-20-7-3-4-14-26(20)21)29(22-12-6-13-25(15-22)34(36,37)38)31-39(17-23-8-1-2-9-24(23)19-41)18-28(33(43)44)40(31)32(30)42/h1-15,28,41H,16-19H2,(H,43,44). The van der Waals surface area contributed by atoms with Gasteiger partial charge in [-0.25, -0.2) is 4.79 Å². The first-order valence-electron chi connectivity index (χ1n) is 13.8. The third-order valence-corrected chi connectivity index (χ3v) is 8.48. The van der Waals surface area contributed by atoms with Crippen molar-refractivity contribution in [2.24, 2.45) is 0 Å². The van der Waals surface area contributed by atoms with E-state index in [0.717, 1.165) is 33.0 Å². The van der Waals surface area contributed by atoms with E-state index in [1.165, 1.54) is 12.1 Å². The van der Waals surface area contributed by atoms with Crippen molar-refractivity contribution in [3.8, 4) is 11.1 Å². The maximum atomic E-state index is 13.9. The van der Waals surface area contributed by atoms with Crippen LogP contribution in [0.2, 0.25) is 5.02 Å². The summed E-state index contributed by atoms with van der Waals surface area (Å²) in [6.45, 7) is -0.307. The van der Waals surface area contributed by atoms with Crippen LogP contribution >= 0.6 is 11.6 Å². The molecule has 1 atom stereocenters. The van der Waals surface area contributed by atoms with Crippen LogP contribution in [0.3, 0.4) is 0 Å². The van der Waals surface area contributed by atoms with Crippen molar-refractivity contribution in [3.63, 3.8) is 0 Å². The molecule has 0 radical (unpaired) electrons. The number of halogens is 4. The molecule has 6 rings (SSSR count). The summed E-state index contributed by atoms with van der Waals surface area (Å²) in [7, 11) is 0. The molecule has 1 aromatic heterocycles. The Balaban J connectivity index is 1.66. The molecule has 2 N–H and O–H groups in total. The van der Waals surface area contributed by atoms with Crippen molar-refractivity contribution in [1.82, 2.24) is 4.57 Å². The van der Waals surface area contributed by atoms with Crippen LogP contribution in [0.1, 0.15) is 33.9 Å². The summed E-state index contributed by atoms with van der Waals surface area (Å²) >= 11 is 6.79. The molecule has 0 bridgehead atoms. The Hall–Kier alpha value is -4.60. The number of aromatic nitrogens is 1. The number of benzene rings is 4. The van der Waals surface area contributed by atoms with Gasteiger partial charge in [0.25, 0.3) is 5.56 Å². The minimum Gasteiger partial charge on any atom is -0.480 e. The molecule has 0 saturated carbocycles. The highest BCUT2D eigenvalue weighted by atomic mass is 35.5. The summed E-state index contributed by atoms with van der Waals surface area (Å²) < 4.78 is 42.9. The van der Waals surface area contributed by atoms with Gasteiger partial charge in [-0.05, 0) is 50.7 Å². The molecule has 10 heteroatoms. The van der Waals surface area contributed by atoms with E-state index in [9.17, 15) is 33.0 Å². The molecule has 0 spiro atoms. The number of aliphatic carboxylic acids is 1. The lowest BCUT2D eigenvalue weighted by atomic mass is 9.92. The Labute approximate surface area is 255 Å². The number of carbonyl (C=O) groups is 1. The molecule has 44 heavy (non-hydrogen) atoms. The van der Waals surface area contributed by atoms with Crippen molar-refractivity contribution >= 4 is 34.2 Å². The number of alkyl halides is 3. The summed E-state index contributed by atoms with van der Waals surface area (Å²) in [5.74, 6) is -1.12. The molecular formula is C34H26ClF3N2O4. The normalized spacial score (nSPS) is 14.7. The number of carboxylic acids is 1. The third kappa shape index (κ3) is 5.22. The zero-order valence-corrected chi connectivity index (χ0v) is 23.9. The quantitative estimate of drug-likeness (QED) is 0.204. The number of aliphatic hydroxyl groups excluding tert-OH is 1. The summed E-state index contributed by atoms with van der Waals surface area (Å²) in [5.41, 5.74) is 1.14. The van der Waals surface area contributed by atoms with Crippen LogP contribution in [0.4, 0.5) is 19.0 Å². The van der Waals surface area contributed by atoms with Gasteiger partial charge in [-0.2, -0.15) is 13.2 Å². The average molecular weight is 619 g/mol. The van der Waals surface area contributed by atoms with Gasteiger partial charge in [-0.3, -0.25) is 9.36 Å². The SMILES string of the molecule is O=C(O)C1CN(Cc2ccccc2CO)c2c(-c3cccc(C(F)(F)F)c3)c(Cc3cccc4ccccc34)c(Cl)c(=O)n21. The lowest BCUT2D eigenvalue weighted by Gasteiger charge is -2.25. The number of rotatable bonds is 7. The number of pyridine rings is 1. The molecule has 1 aliphatic heterocycles. The number of carboxylic acid groups (broad SMARTS) is 1. The van der Waals surface area contributed by atoms with Crippen LogP contribution in [0.25, 0.3) is 21.9 Å². The van der Waals surface area contributed by atoms with Crippen molar-refractivity contribution in [3.05, 3.63) is 134 Å². The molecule has 2 heterocycles. The summed E-state index contributed by atoms with van der Waals surface area (Å²) in [6.07, 6.45) is -4.54. The molecule has 6 nitrogen and oxygen atoms in total. The first-order chi connectivity index (χ1) is 21.1. The Morgan fingerprint density at radius 3 is 2.30 bits per heavy atom. The fourth-order valence-electron chi connectivity index (χ4n) is 6.03. The highest BCUT2D eigenvalue weighted by molar-refractivity contribution is 6.32. The maximum Gasteiger partial charge on any atom is 0.416 e. The van der Waals surface area contributed by atoms with Gasteiger partial charge in [0.05, 0.1) is 18.7 Å². The summed E-state index contributed by atoms with van der Waals surface area (Å²) in [5, 5.41) is 21.7. The molecular weight excluding hydrogens is 593 g/mol. The molecule has 1 unspecified atom stereocenters. The maximum absolute atomic E-state index is 13.9. The molecule has 5 aromatic rings. The first-order valence-corrected chi connectivity index (χ1v) is 14.2. The topological polar surface area (TPSA) is 82.8 Å². The van der Waals surface area contributed by atoms with E-state index in [0.29, 0.717) is 16.7 Å². The van der Waals surface area contributed by atoms with Gasteiger partial charge in [0, 0.05) is 18.5 Å². The predicted molar refractivity (Wildman–Crippen MR) is 163 cm³/mol. The summed E-state index contributed by atoms with van der Waals surface area (Å²) in [6, 6.07) is 23.7. The molecule has 224 valence electrons. The lowest BCUT2D eigenvalue weighted by Crippen LogP contribution is -2.29. The molecule has 4 aromatic carbocycles. The number of nitrogens with zero attached hydrogens (tertiary/aromatic N) is 2. The van der Waals surface area contributed by atoms with Crippen LogP contribution in [-0.2, 0) is 30.5 Å². The van der Waals surface area contributed by atoms with Gasteiger partial charge >= 0.3 is 12.1 Å². The average Bonchev–Trinajstić information content (AvgIpc) is 3.39. The number of hydrogen-bond acceptors (Lipinski definition) is 4. The molecule has 1 aliphatic rings. The van der Waals surface area contributed by atoms with Crippen LogP contribution in [0.5, 0.6) is 0 Å². The van der Waals surface area contributed by atoms with Crippen molar-refractivity contribution in [2.75, 3.05) is 11.4 Å². The van der Waals surface area contributed by atoms with Crippen LogP contribution in [0.15, 0.2) is 95.8 Å². The Morgan fingerprint density at radius 1 is 0.909 bits per heavy atom. The van der Waals surface area contributed by atoms with Crippen LogP contribution in [0, 0.1) is 0 Å². The van der Waals surface area contributed by atoms with E-state index in [1.54, 1.807) is 29.2 Å². The smallest absolute Gasteiger partial charge is 0.416 e. The second-order valence-corrected chi connectivity index (χ2v) is 11.1. The van der Waals surface area contributed by atoms with Gasteiger partial charge in [0.15, 0.2) is 6.04 Å². The van der Waals surface area contributed by atoms with Crippen molar-refractivity contribution < 1.29 is 28.2 Å². The molecule has 0 amide bonds. The van der Waals surface area contributed by atoms with E-state index in [2.05, 4.69) is 0 Å². The third-order valence-electron chi connectivity index (χ3n) is 8.09. The van der Waals surface area contributed by atoms with Crippen molar-refractivity contribution in [2.45, 2.75) is 31.8 Å². The highest BCUT2D eigenvalue weighted by Crippen LogP contribution is 2.44.